The molecule has 1 fully saturated rings. The Labute approximate surface area is 214 Å². The molecule has 1 amide bonds. The molecule has 0 saturated carbocycles. The summed E-state index contributed by atoms with van der Waals surface area (Å²) in [4.78, 5) is 27.9. The number of ether oxygens (including phenoxy) is 1. The van der Waals surface area contributed by atoms with Gasteiger partial charge in [-0.15, -0.1) is 11.3 Å². The van der Waals surface area contributed by atoms with Crippen LogP contribution in [-0.2, 0) is 22.4 Å². The number of aliphatic hydroxyl groups excluding tert-OH is 1. The molecule has 0 bridgehead atoms. The molecule has 0 aliphatic carbocycles. The smallest absolute Gasteiger partial charge is 0.348 e. The molecule has 2 heterocycles. The van der Waals surface area contributed by atoms with Gasteiger partial charge in [-0.2, -0.15) is 0 Å². The summed E-state index contributed by atoms with van der Waals surface area (Å²) in [5, 5.41) is 10.7. The van der Waals surface area contributed by atoms with Crippen LogP contribution >= 0.6 is 11.3 Å². The number of carbonyl (C=O) groups excluding carboxylic acids is 2. The fourth-order valence-corrected chi connectivity index (χ4v) is 5.97. The zero-order valence-corrected chi connectivity index (χ0v) is 22.1. The Kier molecular flexibility index (Phi) is 11.3. The van der Waals surface area contributed by atoms with Crippen LogP contribution in [-0.4, -0.2) is 47.7 Å². The van der Waals surface area contributed by atoms with Crippen LogP contribution in [0.5, 0.6) is 0 Å². The van der Waals surface area contributed by atoms with Crippen molar-refractivity contribution in [1.82, 2.24) is 4.90 Å². The Hall–Kier alpha value is -2.18. The quantitative estimate of drug-likeness (QED) is 0.240. The number of esters is 1. The van der Waals surface area contributed by atoms with E-state index in [-0.39, 0.29) is 24.0 Å². The first kappa shape index (κ1) is 27.4. The summed E-state index contributed by atoms with van der Waals surface area (Å²) in [7, 11) is 1.39. The van der Waals surface area contributed by atoms with E-state index in [1.807, 2.05) is 17.0 Å². The highest BCUT2D eigenvalue weighted by Crippen LogP contribution is 2.27. The van der Waals surface area contributed by atoms with E-state index < -0.39 is 0 Å². The van der Waals surface area contributed by atoms with E-state index in [4.69, 9.17) is 4.74 Å². The molecule has 35 heavy (non-hydrogen) atoms. The molecule has 0 spiro atoms. The van der Waals surface area contributed by atoms with E-state index in [1.54, 1.807) is 0 Å². The Morgan fingerprint density at radius 1 is 1.09 bits per heavy atom. The molecule has 1 aliphatic heterocycles. The average molecular weight is 500 g/mol. The fourth-order valence-electron chi connectivity index (χ4n) is 5.00. The summed E-state index contributed by atoms with van der Waals surface area (Å²) in [6.07, 6.45) is 10.3. The van der Waals surface area contributed by atoms with Gasteiger partial charge in [0.25, 0.3) is 0 Å². The Balaban J connectivity index is 1.32. The van der Waals surface area contributed by atoms with Crippen LogP contribution in [0.1, 0.15) is 84.8 Å². The minimum atomic E-state index is -0.301. The van der Waals surface area contributed by atoms with Crippen molar-refractivity contribution >= 4 is 23.2 Å². The van der Waals surface area contributed by atoms with Gasteiger partial charge in [0.15, 0.2) is 0 Å². The van der Waals surface area contributed by atoms with Gasteiger partial charge in [-0.05, 0) is 75.0 Å². The topological polar surface area (TPSA) is 66.8 Å². The summed E-state index contributed by atoms with van der Waals surface area (Å²) in [5.74, 6) is 0.230. The van der Waals surface area contributed by atoms with Gasteiger partial charge < -0.3 is 14.7 Å². The molecular formula is C29H41NO4S. The summed E-state index contributed by atoms with van der Waals surface area (Å²) in [6.45, 7) is 2.89. The summed E-state index contributed by atoms with van der Waals surface area (Å²) >= 11 is 1.46. The number of nitrogens with zero attached hydrogens (tertiary/aromatic N) is 1. The monoisotopic (exact) mass is 499 g/mol. The maximum Gasteiger partial charge on any atom is 0.348 e. The maximum atomic E-state index is 12.4. The van der Waals surface area contributed by atoms with Gasteiger partial charge in [0.05, 0.1) is 13.2 Å². The number of carbonyl (C=O) groups is 2. The molecule has 1 aliphatic rings. The molecular weight excluding hydrogens is 458 g/mol. The Bertz CT molecular complexity index is 912. The van der Waals surface area contributed by atoms with Crippen LogP contribution in [0, 0.1) is 5.92 Å². The lowest BCUT2D eigenvalue weighted by Gasteiger charge is -2.27. The van der Waals surface area contributed by atoms with Crippen LogP contribution < -0.4 is 0 Å². The second-order valence-electron chi connectivity index (χ2n) is 9.85. The van der Waals surface area contributed by atoms with E-state index in [0.717, 1.165) is 62.8 Å². The fraction of sp³-hybridized carbons (Fsp3) is 0.586. The highest BCUT2D eigenvalue weighted by Gasteiger charge is 2.31. The van der Waals surface area contributed by atoms with Crippen molar-refractivity contribution in [1.29, 1.82) is 0 Å². The first-order chi connectivity index (χ1) is 17.0. The van der Waals surface area contributed by atoms with Crippen LogP contribution in [0.4, 0.5) is 0 Å². The zero-order valence-electron chi connectivity index (χ0n) is 21.3. The van der Waals surface area contributed by atoms with Gasteiger partial charge in [0.2, 0.25) is 5.91 Å². The number of unbranched alkanes of at least 4 members (excludes halogenated alkanes) is 2. The summed E-state index contributed by atoms with van der Waals surface area (Å²) < 4.78 is 4.77. The second-order valence-corrected chi connectivity index (χ2v) is 11.0. The van der Waals surface area contributed by atoms with Crippen molar-refractivity contribution in [3.05, 3.63) is 57.8 Å². The minimum absolute atomic E-state index is 0.234. The summed E-state index contributed by atoms with van der Waals surface area (Å²) in [5.41, 5.74) is 1.40. The highest BCUT2D eigenvalue weighted by molar-refractivity contribution is 7.13. The molecule has 3 atom stereocenters. The zero-order chi connectivity index (χ0) is 25.0. The normalized spacial score (nSPS) is 17.5. The number of benzene rings is 1. The second kappa shape index (κ2) is 14.4. The van der Waals surface area contributed by atoms with Gasteiger partial charge in [0, 0.05) is 23.9 Å². The van der Waals surface area contributed by atoms with E-state index in [1.165, 1.54) is 36.9 Å². The predicted octanol–water partition coefficient (Wildman–Crippen LogP) is 6.04. The van der Waals surface area contributed by atoms with Crippen molar-refractivity contribution in [2.75, 3.05) is 13.7 Å². The highest BCUT2D eigenvalue weighted by atomic mass is 32.1. The number of thiophene rings is 1. The third-order valence-corrected chi connectivity index (χ3v) is 8.37. The van der Waals surface area contributed by atoms with Gasteiger partial charge in [-0.1, -0.05) is 50.1 Å². The number of aliphatic hydroxyl groups is 1. The Morgan fingerprint density at radius 3 is 2.66 bits per heavy atom. The molecule has 0 radical (unpaired) electrons. The van der Waals surface area contributed by atoms with Crippen LogP contribution in [0.15, 0.2) is 42.5 Å². The lowest BCUT2D eigenvalue weighted by molar-refractivity contribution is -0.129. The molecule has 1 aromatic heterocycles. The van der Waals surface area contributed by atoms with Gasteiger partial charge >= 0.3 is 5.97 Å². The SMILES string of the molecule is COC(=O)c1ccc(CCCN2C(=O)CCC2CC[C@@H](O)[C@H](C)CCCCCc2ccccc2)s1. The van der Waals surface area contributed by atoms with Gasteiger partial charge in [-0.3, -0.25) is 4.79 Å². The molecule has 1 saturated heterocycles. The molecule has 1 unspecified atom stereocenters. The van der Waals surface area contributed by atoms with Crippen molar-refractivity contribution in [2.45, 2.75) is 89.7 Å². The predicted molar refractivity (Wildman–Crippen MR) is 142 cm³/mol. The molecule has 6 heteroatoms. The lowest BCUT2D eigenvalue weighted by Crippen LogP contribution is -2.35. The van der Waals surface area contributed by atoms with Crippen LogP contribution in [0.25, 0.3) is 0 Å². The molecule has 1 aromatic carbocycles. The first-order valence-electron chi connectivity index (χ1n) is 13.2. The number of hydrogen-bond donors (Lipinski definition) is 1. The number of amides is 1. The molecule has 1 N–H and O–H groups in total. The molecule has 2 aromatic rings. The Morgan fingerprint density at radius 2 is 1.89 bits per heavy atom. The maximum absolute atomic E-state index is 12.4. The third-order valence-electron chi connectivity index (χ3n) is 7.24. The molecule has 3 rings (SSSR count). The van der Waals surface area contributed by atoms with Crippen LogP contribution in [0.3, 0.4) is 0 Å². The average Bonchev–Trinajstić information content (AvgIpc) is 3.49. The standard InChI is InChI=1S/C29H41NO4S/c1-22(10-5-3-6-11-23-12-7-4-8-13-23)26(31)18-15-24-16-20-28(32)30(24)21-9-14-25-17-19-27(35-25)29(33)34-2/h4,7-8,12-13,17,19,22,24,26,31H,3,5-6,9-11,14-16,18,20-21H2,1-2H3/t22-,24?,26-/m1/s1. The van der Waals surface area contributed by atoms with E-state index in [0.29, 0.717) is 17.2 Å². The number of rotatable bonds is 15. The first-order valence-corrected chi connectivity index (χ1v) is 14.0. The number of likely N-dealkylation sites (tertiary alicyclic amines) is 1. The minimum Gasteiger partial charge on any atom is -0.465 e. The van der Waals surface area contributed by atoms with Crippen molar-refractivity contribution in [3.63, 3.8) is 0 Å². The third kappa shape index (κ3) is 8.76. The van der Waals surface area contributed by atoms with Gasteiger partial charge in [-0.25, -0.2) is 4.79 Å². The van der Waals surface area contributed by atoms with Crippen molar-refractivity contribution in [2.24, 2.45) is 5.92 Å². The number of aryl methyl sites for hydroxylation is 2. The van der Waals surface area contributed by atoms with E-state index in [2.05, 4.69) is 37.3 Å². The van der Waals surface area contributed by atoms with Gasteiger partial charge in [0.1, 0.15) is 4.88 Å². The largest absolute Gasteiger partial charge is 0.465 e. The molecule has 5 nitrogen and oxygen atoms in total. The van der Waals surface area contributed by atoms with E-state index in [9.17, 15) is 14.7 Å². The van der Waals surface area contributed by atoms with E-state index >= 15 is 0 Å². The van der Waals surface area contributed by atoms with Crippen molar-refractivity contribution in [3.8, 4) is 0 Å². The summed E-state index contributed by atoms with van der Waals surface area (Å²) in [6, 6.07) is 14.6. The molecule has 192 valence electrons. The number of hydrogen-bond acceptors (Lipinski definition) is 5. The van der Waals surface area contributed by atoms with Crippen LogP contribution in [0.2, 0.25) is 0 Å². The van der Waals surface area contributed by atoms with Crippen molar-refractivity contribution < 1.29 is 19.4 Å². The lowest BCUT2D eigenvalue weighted by atomic mass is 9.92. The number of methoxy groups -OCH3 is 1.